The second-order valence-electron chi connectivity index (χ2n) is 4.82. The normalized spacial score (nSPS) is 18.3. The van der Waals surface area contributed by atoms with Crippen LogP contribution in [0.25, 0.3) is 0 Å². The zero-order valence-electron chi connectivity index (χ0n) is 11.6. The van der Waals surface area contributed by atoms with Gasteiger partial charge >= 0.3 is 12.3 Å². The van der Waals surface area contributed by atoms with Gasteiger partial charge in [-0.25, -0.2) is 4.79 Å². The minimum Gasteiger partial charge on any atom is -0.467 e. The summed E-state index contributed by atoms with van der Waals surface area (Å²) in [4.78, 5) is 24.7. The zero-order valence-corrected chi connectivity index (χ0v) is 11.6. The van der Waals surface area contributed by atoms with E-state index in [4.69, 9.17) is 4.42 Å². The lowest BCUT2D eigenvalue weighted by Crippen LogP contribution is -2.46. The van der Waals surface area contributed by atoms with Gasteiger partial charge in [0, 0.05) is 6.54 Å². The van der Waals surface area contributed by atoms with Crippen LogP contribution >= 0.6 is 0 Å². The number of nitrogens with zero attached hydrogens (tertiary/aromatic N) is 1. The third kappa shape index (κ3) is 4.40. The Bertz CT molecular complexity index is 516. The molecule has 2 heterocycles. The van der Waals surface area contributed by atoms with E-state index in [1.807, 2.05) is 0 Å². The molecule has 1 aliphatic rings. The quantitative estimate of drug-likeness (QED) is 0.922. The van der Waals surface area contributed by atoms with Crippen molar-refractivity contribution in [3.05, 3.63) is 24.2 Å². The summed E-state index contributed by atoms with van der Waals surface area (Å²) in [5, 5.41) is 2.58. The second-order valence-corrected chi connectivity index (χ2v) is 4.82. The number of halogens is 3. The molecule has 0 aromatic carbocycles. The smallest absolute Gasteiger partial charge is 0.422 e. The number of amides is 2. The Morgan fingerprint density at radius 3 is 2.86 bits per heavy atom. The van der Waals surface area contributed by atoms with Crippen LogP contribution in [0.15, 0.2) is 22.8 Å². The Labute approximate surface area is 124 Å². The first-order valence-corrected chi connectivity index (χ1v) is 6.67. The number of carbonyl (C=O) groups is 2. The molecule has 1 aromatic heterocycles. The van der Waals surface area contributed by atoms with Crippen molar-refractivity contribution < 1.29 is 31.9 Å². The monoisotopic (exact) mass is 320 g/mol. The van der Waals surface area contributed by atoms with E-state index in [-0.39, 0.29) is 13.1 Å². The minimum absolute atomic E-state index is 0.147. The maximum Gasteiger partial charge on any atom is 0.422 e. The molecule has 1 atom stereocenters. The van der Waals surface area contributed by atoms with Crippen LogP contribution in [0.2, 0.25) is 0 Å². The Hall–Kier alpha value is -2.19. The molecule has 0 aliphatic carbocycles. The highest BCUT2D eigenvalue weighted by molar-refractivity contribution is 5.86. The minimum atomic E-state index is -4.59. The molecule has 0 bridgehead atoms. The molecule has 122 valence electrons. The van der Waals surface area contributed by atoms with Crippen LogP contribution in [-0.4, -0.2) is 42.3 Å². The van der Waals surface area contributed by atoms with Gasteiger partial charge in [0.1, 0.15) is 11.8 Å². The van der Waals surface area contributed by atoms with Gasteiger partial charge in [0.25, 0.3) is 0 Å². The third-order valence-electron chi connectivity index (χ3n) is 3.17. The van der Waals surface area contributed by atoms with Gasteiger partial charge in [0.2, 0.25) is 5.91 Å². The van der Waals surface area contributed by atoms with E-state index < -0.39 is 30.8 Å². The molecule has 2 rings (SSSR count). The Morgan fingerprint density at radius 2 is 2.23 bits per heavy atom. The van der Waals surface area contributed by atoms with Crippen molar-refractivity contribution in [2.75, 3.05) is 13.2 Å². The van der Waals surface area contributed by atoms with Crippen LogP contribution in [0, 0.1) is 0 Å². The van der Waals surface area contributed by atoms with Crippen molar-refractivity contribution >= 4 is 12.0 Å². The number of likely N-dealkylation sites (tertiary alicyclic amines) is 1. The summed E-state index contributed by atoms with van der Waals surface area (Å²) in [5.74, 6) is 0.0930. The summed E-state index contributed by atoms with van der Waals surface area (Å²) < 4.78 is 45.4. The number of ether oxygens (including phenoxy) is 1. The highest BCUT2D eigenvalue weighted by Crippen LogP contribution is 2.21. The molecule has 1 saturated heterocycles. The summed E-state index contributed by atoms with van der Waals surface area (Å²) in [6.07, 6.45) is -3.36. The first kappa shape index (κ1) is 16.2. The fourth-order valence-electron chi connectivity index (χ4n) is 2.19. The van der Waals surface area contributed by atoms with Gasteiger partial charge in [0.05, 0.1) is 12.8 Å². The lowest BCUT2D eigenvalue weighted by molar-refractivity contribution is -0.162. The van der Waals surface area contributed by atoms with Crippen molar-refractivity contribution in [1.82, 2.24) is 10.2 Å². The van der Waals surface area contributed by atoms with Gasteiger partial charge in [-0.2, -0.15) is 13.2 Å². The zero-order chi connectivity index (χ0) is 16.2. The summed E-state index contributed by atoms with van der Waals surface area (Å²) in [5.41, 5.74) is 0. The van der Waals surface area contributed by atoms with Crippen LogP contribution < -0.4 is 5.32 Å². The standard InChI is InChI=1S/C13H15F3N2O4/c14-13(15,16)8-22-12(20)18-5-1-4-10(18)11(19)17-7-9-3-2-6-21-9/h2-3,6,10H,1,4-5,7-8H2,(H,17,19)/t10-/m0/s1. The fraction of sp³-hybridized carbons (Fsp3) is 0.538. The van der Waals surface area contributed by atoms with E-state index in [9.17, 15) is 22.8 Å². The number of hydrogen-bond acceptors (Lipinski definition) is 4. The molecule has 0 unspecified atom stereocenters. The Kier molecular flexibility index (Phi) is 4.94. The lowest BCUT2D eigenvalue weighted by atomic mass is 10.2. The molecule has 6 nitrogen and oxygen atoms in total. The summed E-state index contributed by atoms with van der Waals surface area (Å²) in [6.45, 7) is -1.33. The van der Waals surface area contributed by atoms with E-state index in [1.54, 1.807) is 12.1 Å². The van der Waals surface area contributed by atoms with Crippen LogP contribution in [0.5, 0.6) is 0 Å². The fourth-order valence-corrected chi connectivity index (χ4v) is 2.19. The molecular weight excluding hydrogens is 305 g/mol. The number of furan rings is 1. The number of alkyl halides is 3. The van der Waals surface area contributed by atoms with Crippen molar-refractivity contribution in [3.63, 3.8) is 0 Å². The molecule has 0 saturated carbocycles. The highest BCUT2D eigenvalue weighted by Gasteiger charge is 2.37. The molecular formula is C13H15F3N2O4. The highest BCUT2D eigenvalue weighted by atomic mass is 19.4. The average Bonchev–Trinajstić information content (AvgIpc) is 3.12. The Balaban J connectivity index is 1.86. The number of carbonyl (C=O) groups excluding carboxylic acids is 2. The first-order valence-electron chi connectivity index (χ1n) is 6.67. The van der Waals surface area contributed by atoms with E-state index in [0.717, 1.165) is 4.90 Å². The van der Waals surface area contributed by atoms with Crippen molar-refractivity contribution in [2.45, 2.75) is 31.6 Å². The molecule has 2 amide bonds. The molecule has 1 aliphatic heterocycles. The maximum absolute atomic E-state index is 12.1. The number of nitrogens with one attached hydrogen (secondary N) is 1. The van der Waals surface area contributed by atoms with E-state index in [2.05, 4.69) is 10.1 Å². The first-order chi connectivity index (χ1) is 10.4. The lowest BCUT2D eigenvalue weighted by Gasteiger charge is -2.23. The van der Waals surface area contributed by atoms with Crippen LogP contribution in [-0.2, 0) is 16.1 Å². The Morgan fingerprint density at radius 1 is 1.45 bits per heavy atom. The van der Waals surface area contributed by atoms with Gasteiger partial charge in [-0.15, -0.1) is 0 Å². The van der Waals surface area contributed by atoms with Gasteiger partial charge in [-0.3, -0.25) is 9.69 Å². The molecule has 0 radical (unpaired) electrons. The van der Waals surface area contributed by atoms with E-state index in [0.29, 0.717) is 18.6 Å². The third-order valence-corrected chi connectivity index (χ3v) is 3.17. The van der Waals surface area contributed by atoms with Gasteiger partial charge in [-0.05, 0) is 25.0 Å². The predicted molar refractivity (Wildman–Crippen MR) is 67.7 cm³/mol. The second kappa shape index (κ2) is 6.71. The average molecular weight is 320 g/mol. The van der Waals surface area contributed by atoms with Crippen molar-refractivity contribution in [1.29, 1.82) is 0 Å². The maximum atomic E-state index is 12.1. The largest absolute Gasteiger partial charge is 0.467 e. The molecule has 0 spiro atoms. The SMILES string of the molecule is O=C(NCc1ccco1)[C@@H]1CCCN1C(=O)OCC(F)(F)F. The summed E-state index contributed by atoms with van der Waals surface area (Å²) in [7, 11) is 0. The molecule has 22 heavy (non-hydrogen) atoms. The van der Waals surface area contributed by atoms with Crippen LogP contribution in [0.1, 0.15) is 18.6 Å². The van der Waals surface area contributed by atoms with Crippen LogP contribution in [0.3, 0.4) is 0 Å². The topological polar surface area (TPSA) is 71.8 Å². The summed E-state index contributed by atoms with van der Waals surface area (Å²) in [6, 6.07) is 2.51. The predicted octanol–water partition coefficient (Wildman–Crippen LogP) is 2.06. The molecule has 1 N–H and O–H groups in total. The van der Waals surface area contributed by atoms with Crippen molar-refractivity contribution in [2.24, 2.45) is 0 Å². The van der Waals surface area contributed by atoms with Gasteiger partial charge in [-0.1, -0.05) is 0 Å². The van der Waals surface area contributed by atoms with Crippen LogP contribution in [0.4, 0.5) is 18.0 Å². The van der Waals surface area contributed by atoms with E-state index >= 15 is 0 Å². The van der Waals surface area contributed by atoms with Gasteiger partial charge in [0.15, 0.2) is 6.61 Å². The van der Waals surface area contributed by atoms with Crippen molar-refractivity contribution in [3.8, 4) is 0 Å². The number of hydrogen-bond donors (Lipinski definition) is 1. The van der Waals surface area contributed by atoms with Gasteiger partial charge < -0.3 is 14.5 Å². The molecule has 1 aromatic rings. The summed E-state index contributed by atoms with van der Waals surface area (Å²) >= 11 is 0. The molecule has 1 fully saturated rings. The van der Waals surface area contributed by atoms with E-state index in [1.165, 1.54) is 6.26 Å². The number of rotatable bonds is 4. The molecule has 9 heteroatoms.